The number of hydrogen-bond acceptors (Lipinski definition) is 4. The maximum absolute atomic E-state index is 13.1. The lowest BCUT2D eigenvalue weighted by Gasteiger charge is -2.30. The van der Waals surface area contributed by atoms with Crippen molar-refractivity contribution in [3.05, 3.63) is 58.6 Å². The Hall–Kier alpha value is -2.24. The summed E-state index contributed by atoms with van der Waals surface area (Å²) in [6.07, 6.45) is 1.99. The van der Waals surface area contributed by atoms with E-state index in [4.69, 9.17) is 21.1 Å². The lowest BCUT2D eigenvalue weighted by atomic mass is 10.0. The minimum absolute atomic E-state index is 0.0950. The van der Waals surface area contributed by atoms with Crippen molar-refractivity contribution >= 4 is 17.5 Å². The van der Waals surface area contributed by atoms with Crippen LogP contribution < -0.4 is 9.47 Å². The van der Waals surface area contributed by atoms with E-state index in [1.54, 1.807) is 0 Å². The third kappa shape index (κ3) is 4.36. The molecule has 1 fully saturated rings. The number of ether oxygens (including phenoxy) is 2. The summed E-state index contributed by atoms with van der Waals surface area (Å²) in [5.74, 6) is 1.72. The third-order valence-corrected chi connectivity index (χ3v) is 6.17. The van der Waals surface area contributed by atoms with Crippen LogP contribution in [0.15, 0.2) is 42.5 Å². The fourth-order valence-corrected chi connectivity index (χ4v) is 4.24. The van der Waals surface area contributed by atoms with E-state index in [1.807, 2.05) is 48.3 Å². The van der Waals surface area contributed by atoms with Crippen LogP contribution in [0.5, 0.6) is 11.5 Å². The van der Waals surface area contributed by atoms with E-state index in [9.17, 15) is 4.79 Å². The summed E-state index contributed by atoms with van der Waals surface area (Å²) in [5, 5.41) is 0.721. The first-order valence-electron chi connectivity index (χ1n) is 10.2. The summed E-state index contributed by atoms with van der Waals surface area (Å²) in [6, 6.07) is 14.1. The molecule has 154 valence electrons. The van der Waals surface area contributed by atoms with Crippen LogP contribution in [-0.2, 0) is 4.79 Å². The number of benzene rings is 2. The lowest BCUT2D eigenvalue weighted by molar-refractivity contribution is -0.133. The molecule has 1 saturated heterocycles. The maximum Gasteiger partial charge on any atom is 0.237 e. The van der Waals surface area contributed by atoms with Gasteiger partial charge in [-0.2, -0.15) is 0 Å². The second-order valence-corrected chi connectivity index (χ2v) is 8.23. The zero-order chi connectivity index (χ0) is 20.4. The van der Waals surface area contributed by atoms with Gasteiger partial charge in [-0.25, -0.2) is 0 Å². The Morgan fingerprint density at radius 1 is 1.17 bits per heavy atom. The molecule has 2 aliphatic rings. The van der Waals surface area contributed by atoms with Crippen molar-refractivity contribution in [3.8, 4) is 11.5 Å². The Labute approximate surface area is 177 Å². The van der Waals surface area contributed by atoms with Crippen molar-refractivity contribution in [2.75, 3.05) is 33.4 Å². The quantitative estimate of drug-likeness (QED) is 0.724. The fourth-order valence-electron chi connectivity index (χ4n) is 4.12. The zero-order valence-electron chi connectivity index (χ0n) is 16.9. The van der Waals surface area contributed by atoms with Crippen LogP contribution in [0.1, 0.15) is 43.0 Å². The van der Waals surface area contributed by atoms with Crippen molar-refractivity contribution in [3.63, 3.8) is 0 Å². The van der Waals surface area contributed by atoms with Crippen molar-refractivity contribution in [2.24, 2.45) is 0 Å². The number of likely N-dealkylation sites (N-methyl/N-ethyl adjacent to an activating group) is 1. The molecular weight excluding hydrogens is 388 g/mol. The maximum atomic E-state index is 13.1. The predicted molar refractivity (Wildman–Crippen MR) is 114 cm³/mol. The van der Waals surface area contributed by atoms with Crippen LogP contribution in [0, 0.1) is 0 Å². The van der Waals surface area contributed by atoms with Gasteiger partial charge < -0.3 is 14.4 Å². The highest BCUT2D eigenvalue weighted by molar-refractivity contribution is 6.30. The highest BCUT2D eigenvalue weighted by atomic mass is 35.5. The number of amides is 1. The number of rotatable bonds is 5. The summed E-state index contributed by atoms with van der Waals surface area (Å²) >= 11 is 5.99. The molecule has 4 rings (SSSR count). The second kappa shape index (κ2) is 8.64. The minimum atomic E-state index is 0.0950. The van der Waals surface area contributed by atoms with E-state index in [1.165, 1.54) is 0 Å². The summed E-state index contributed by atoms with van der Waals surface area (Å²) in [7, 11) is 1.99. The predicted octanol–water partition coefficient (Wildman–Crippen LogP) is 4.47. The molecule has 0 radical (unpaired) electrons. The van der Waals surface area contributed by atoms with E-state index in [2.05, 4.69) is 17.9 Å². The van der Waals surface area contributed by atoms with E-state index in [-0.39, 0.29) is 18.0 Å². The Morgan fingerprint density at radius 2 is 1.90 bits per heavy atom. The standard InChI is InChI=1S/C23H27ClN2O3/c1-16(17-5-8-19(24)9-6-17)25(2)15-23(27)26-11-3-4-20(26)18-7-10-21-22(14-18)29-13-12-28-21/h5-10,14,16,20H,3-4,11-13,15H2,1-2H3. The SMILES string of the molecule is CC(c1ccc(Cl)cc1)N(C)CC(=O)N1CCCC1c1ccc2c(c1)OCCO2. The molecule has 2 atom stereocenters. The van der Waals surface area contributed by atoms with Gasteiger partial charge in [0.2, 0.25) is 5.91 Å². The number of hydrogen-bond donors (Lipinski definition) is 0. The molecule has 6 heteroatoms. The second-order valence-electron chi connectivity index (χ2n) is 7.79. The van der Waals surface area contributed by atoms with Gasteiger partial charge in [0.15, 0.2) is 11.5 Å². The van der Waals surface area contributed by atoms with Crippen LogP contribution in [-0.4, -0.2) is 49.1 Å². The van der Waals surface area contributed by atoms with Gasteiger partial charge in [0.1, 0.15) is 13.2 Å². The Balaban J connectivity index is 1.44. The van der Waals surface area contributed by atoms with E-state index < -0.39 is 0 Å². The van der Waals surface area contributed by atoms with Gasteiger partial charge >= 0.3 is 0 Å². The fraction of sp³-hybridized carbons (Fsp3) is 0.435. The molecule has 2 unspecified atom stereocenters. The Morgan fingerprint density at radius 3 is 2.66 bits per heavy atom. The van der Waals surface area contributed by atoms with Gasteiger partial charge in [0.05, 0.1) is 12.6 Å². The number of carbonyl (C=O) groups excluding carboxylic acids is 1. The van der Waals surface area contributed by atoms with Gasteiger partial charge in [0, 0.05) is 17.6 Å². The van der Waals surface area contributed by atoms with E-state index in [0.29, 0.717) is 19.8 Å². The number of carbonyl (C=O) groups is 1. The third-order valence-electron chi connectivity index (χ3n) is 5.92. The summed E-state index contributed by atoms with van der Waals surface area (Å²) < 4.78 is 11.3. The monoisotopic (exact) mass is 414 g/mol. The van der Waals surface area contributed by atoms with Gasteiger partial charge in [-0.15, -0.1) is 0 Å². The molecule has 5 nitrogen and oxygen atoms in total. The van der Waals surface area contributed by atoms with Crippen LogP contribution in [0.4, 0.5) is 0 Å². The first kappa shape index (κ1) is 20.0. The van der Waals surface area contributed by atoms with Crippen molar-refractivity contribution in [2.45, 2.75) is 31.8 Å². The minimum Gasteiger partial charge on any atom is -0.486 e. The van der Waals surface area contributed by atoms with Crippen LogP contribution in [0.3, 0.4) is 0 Å². The molecule has 2 aromatic rings. The molecule has 1 amide bonds. The molecule has 0 spiro atoms. The average molecular weight is 415 g/mol. The largest absolute Gasteiger partial charge is 0.486 e. The molecule has 0 N–H and O–H groups in total. The summed E-state index contributed by atoms with van der Waals surface area (Å²) in [5.41, 5.74) is 2.27. The van der Waals surface area contributed by atoms with Crippen molar-refractivity contribution in [1.29, 1.82) is 0 Å². The highest BCUT2D eigenvalue weighted by Gasteiger charge is 2.31. The van der Waals surface area contributed by atoms with Crippen molar-refractivity contribution < 1.29 is 14.3 Å². The van der Waals surface area contributed by atoms with Gasteiger partial charge in [-0.1, -0.05) is 29.8 Å². The zero-order valence-corrected chi connectivity index (χ0v) is 17.7. The molecule has 2 aromatic carbocycles. The smallest absolute Gasteiger partial charge is 0.237 e. The lowest BCUT2D eigenvalue weighted by Crippen LogP contribution is -2.39. The molecule has 0 saturated carbocycles. The topological polar surface area (TPSA) is 42.0 Å². The molecule has 29 heavy (non-hydrogen) atoms. The molecule has 2 aliphatic heterocycles. The van der Waals surface area contributed by atoms with Crippen LogP contribution in [0.2, 0.25) is 5.02 Å². The number of nitrogens with zero attached hydrogens (tertiary/aromatic N) is 2. The average Bonchev–Trinajstić information content (AvgIpc) is 3.23. The number of fused-ring (bicyclic) bond motifs is 1. The Bertz CT molecular complexity index is 871. The van der Waals surface area contributed by atoms with Gasteiger partial charge in [-0.3, -0.25) is 9.69 Å². The normalized spacial score (nSPS) is 19.4. The molecule has 0 bridgehead atoms. The van der Waals surface area contributed by atoms with Crippen molar-refractivity contribution in [1.82, 2.24) is 9.80 Å². The van der Waals surface area contributed by atoms with E-state index in [0.717, 1.165) is 47.0 Å². The molecular formula is C23H27ClN2O3. The number of likely N-dealkylation sites (tertiary alicyclic amines) is 1. The number of halogens is 1. The Kier molecular flexibility index (Phi) is 5.97. The molecule has 2 heterocycles. The van der Waals surface area contributed by atoms with Crippen LogP contribution in [0.25, 0.3) is 0 Å². The van der Waals surface area contributed by atoms with E-state index >= 15 is 0 Å². The first-order chi connectivity index (χ1) is 14.0. The molecule has 0 aromatic heterocycles. The molecule has 0 aliphatic carbocycles. The van der Waals surface area contributed by atoms with Gasteiger partial charge in [0.25, 0.3) is 0 Å². The highest BCUT2D eigenvalue weighted by Crippen LogP contribution is 2.38. The summed E-state index contributed by atoms with van der Waals surface area (Å²) in [6.45, 7) is 4.43. The first-order valence-corrected chi connectivity index (χ1v) is 10.6. The summed E-state index contributed by atoms with van der Waals surface area (Å²) in [4.78, 5) is 17.2. The van der Waals surface area contributed by atoms with Crippen LogP contribution >= 0.6 is 11.6 Å². The van der Waals surface area contributed by atoms with Gasteiger partial charge in [-0.05, 0) is 62.2 Å².